The van der Waals surface area contributed by atoms with E-state index in [-0.39, 0.29) is 5.56 Å². The molecule has 5 nitrogen and oxygen atoms in total. The number of rotatable bonds is 7. The van der Waals surface area contributed by atoms with Crippen LogP contribution < -0.4 is 9.64 Å². The molecule has 0 aromatic heterocycles. The zero-order chi connectivity index (χ0) is 18.4. The van der Waals surface area contributed by atoms with Crippen LogP contribution in [0.5, 0.6) is 5.75 Å². The maximum atomic E-state index is 10.8. The van der Waals surface area contributed by atoms with Gasteiger partial charge in [0.1, 0.15) is 5.75 Å². The number of ether oxygens (including phenoxy) is 1. The number of piperazine rings is 1. The van der Waals surface area contributed by atoms with E-state index in [4.69, 9.17) is 9.84 Å². The van der Waals surface area contributed by atoms with Gasteiger partial charge in [-0.15, -0.1) is 0 Å². The lowest BCUT2D eigenvalue weighted by Gasteiger charge is -2.36. The summed E-state index contributed by atoms with van der Waals surface area (Å²) in [5.41, 5.74) is 2.90. The highest BCUT2D eigenvalue weighted by atomic mass is 16.5. The number of carboxylic acids is 1. The maximum absolute atomic E-state index is 10.8. The Kier molecular flexibility index (Phi) is 6.12. The fraction of sp³-hybridized carbons (Fsp3) is 0.381. The van der Waals surface area contributed by atoms with E-state index in [1.807, 2.05) is 0 Å². The molecule has 1 saturated heterocycles. The van der Waals surface area contributed by atoms with Gasteiger partial charge in [-0.05, 0) is 55.3 Å². The van der Waals surface area contributed by atoms with Gasteiger partial charge in [0.2, 0.25) is 0 Å². The van der Waals surface area contributed by atoms with Crippen LogP contribution in [0.3, 0.4) is 0 Å². The molecule has 5 heteroatoms. The molecule has 0 bridgehead atoms. The number of aromatic carboxylic acids is 1. The highest BCUT2D eigenvalue weighted by Gasteiger charge is 2.16. The molecule has 0 aliphatic carbocycles. The molecule has 138 valence electrons. The molecule has 0 amide bonds. The molecule has 1 heterocycles. The van der Waals surface area contributed by atoms with Crippen LogP contribution in [-0.4, -0.2) is 55.3 Å². The van der Waals surface area contributed by atoms with Crippen molar-refractivity contribution in [2.75, 3.05) is 44.2 Å². The van der Waals surface area contributed by atoms with E-state index in [0.29, 0.717) is 6.61 Å². The van der Waals surface area contributed by atoms with Gasteiger partial charge in [0.05, 0.1) is 12.2 Å². The predicted octanol–water partition coefficient (Wildman–Crippen LogP) is 3.28. The summed E-state index contributed by atoms with van der Waals surface area (Å²) in [5.74, 6) is -0.194. The highest BCUT2D eigenvalue weighted by molar-refractivity contribution is 5.87. The summed E-state index contributed by atoms with van der Waals surface area (Å²) in [4.78, 5) is 15.8. The molecular weight excluding hydrogens is 328 g/mol. The first-order valence-corrected chi connectivity index (χ1v) is 9.12. The topological polar surface area (TPSA) is 53.0 Å². The Balaban J connectivity index is 1.35. The van der Waals surface area contributed by atoms with Crippen LogP contribution >= 0.6 is 0 Å². The van der Waals surface area contributed by atoms with Gasteiger partial charge in [0.15, 0.2) is 0 Å². The second-order valence-electron chi connectivity index (χ2n) is 6.70. The largest absolute Gasteiger partial charge is 0.494 e. The minimum atomic E-state index is -0.915. The summed E-state index contributed by atoms with van der Waals surface area (Å²) in [6.07, 6.45) is 0.963. The van der Waals surface area contributed by atoms with Gasteiger partial charge in [-0.1, -0.05) is 12.1 Å². The first-order chi connectivity index (χ1) is 12.6. The van der Waals surface area contributed by atoms with E-state index >= 15 is 0 Å². The van der Waals surface area contributed by atoms with Gasteiger partial charge >= 0.3 is 5.97 Å². The smallest absolute Gasteiger partial charge is 0.335 e. The third-order valence-corrected chi connectivity index (χ3v) is 4.73. The van der Waals surface area contributed by atoms with E-state index in [2.05, 4.69) is 41.0 Å². The molecule has 0 saturated carbocycles. The molecule has 1 aliphatic rings. The van der Waals surface area contributed by atoms with Gasteiger partial charge < -0.3 is 14.7 Å². The standard InChI is InChI=1S/C21H26N2O3/c1-17-4-2-5-19(16-17)23-13-11-22(12-14-23)10-3-15-26-20-8-6-18(7-9-20)21(24)25/h2,4-9,16H,3,10-15H2,1H3,(H,24,25). The van der Waals surface area contributed by atoms with Crippen molar-refractivity contribution in [1.29, 1.82) is 0 Å². The summed E-state index contributed by atoms with van der Waals surface area (Å²) in [7, 11) is 0. The fourth-order valence-corrected chi connectivity index (χ4v) is 3.23. The fourth-order valence-electron chi connectivity index (χ4n) is 3.23. The first kappa shape index (κ1) is 18.3. The van der Waals surface area contributed by atoms with Crippen molar-refractivity contribution in [1.82, 2.24) is 4.90 Å². The molecule has 2 aromatic carbocycles. The third-order valence-electron chi connectivity index (χ3n) is 4.73. The Morgan fingerprint density at radius 1 is 1.08 bits per heavy atom. The van der Waals surface area contributed by atoms with Crippen LogP contribution in [0.15, 0.2) is 48.5 Å². The lowest BCUT2D eigenvalue weighted by Crippen LogP contribution is -2.46. The number of carboxylic acid groups (broad SMARTS) is 1. The summed E-state index contributed by atoms with van der Waals surface area (Å²) in [5, 5.41) is 8.89. The lowest BCUT2D eigenvalue weighted by atomic mass is 10.2. The van der Waals surface area contributed by atoms with Crippen LogP contribution in [0.25, 0.3) is 0 Å². The van der Waals surface area contributed by atoms with Gasteiger partial charge in [-0.25, -0.2) is 4.79 Å². The zero-order valence-corrected chi connectivity index (χ0v) is 15.2. The molecule has 2 aromatic rings. The normalized spacial score (nSPS) is 15.0. The molecule has 26 heavy (non-hydrogen) atoms. The van der Waals surface area contributed by atoms with Crippen molar-refractivity contribution >= 4 is 11.7 Å². The molecular formula is C21H26N2O3. The van der Waals surface area contributed by atoms with E-state index in [9.17, 15) is 4.79 Å². The van der Waals surface area contributed by atoms with Gasteiger partial charge in [-0.2, -0.15) is 0 Å². The second-order valence-corrected chi connectivity index (χ2v) is 6.70. The van der Waals surface area contributed by atoms with Crippen LogP contribution in [0.4, 0.5) is 5.69 Å². The summed E-state index contributed by atoms with van der Waals surface area (Å²) >= 11 is 0. The first-order valence-electron chi connectivity index (χ1n) is 9.12. The quantitative estimate of drug-likeness (QED) is 0.774. The number of hydrogen-bond donors (Lipinski definition) is 1. The number of benzene rings is 2. The number of hydrogen-bond acceptors (Lipinski definition) is 4. The van der Waals surface area contributed by atoms with E-state index < -0.39 is 5.97 Å². The average Bonchev–Trinajstić information content (AvgIpc) is 2.66. The van der Waals surface area contributed by atoms with Crippen molar-refractivity contribution in [2.45, 2.75) is 13.3 Å². The molecule has 1 fully saturated rings. The van der Waals surface area contributed by atoms with E-state index in [1.54, 1.807) is 24.3 Å². The molecule has 0 atom stereocenters. The second kappa shape index (κ2) is 8.72. The molecule has 3 rings (SSSR count). The van der Waals surface area contributed by atoms with Crippen molar-refractivity contribution in [2.24, 2.45) is 0 Å². The van der Waals surface area contributed by atoms with Crippen LogP contribution in [-0.2, 0) is 0 Å². The van der Waals surface area contributed by atoms with Crippen LogP contribution in [0, 0.1) is 6.92 Å². The average molecular weight is 354 g/mol. The van der Waals surface area contributed by atoms with Crippen LogP contribution in [0.1, 0.15) is 22.3 Å². The Labute approximate surface area is 154 Å². The van der Waals surface area contributed by atoms with Crippen molar-refractivity contribution in [3.8, 4) is 5.75 Å². The summed E-state index contributed by atoms with van der Waals surface area (Å²) in [6, 6.07) is 15.3. The number of nitrogens with zero attached hydrogens (tertiary/aromatic N) is 2. The number of anilines is 1. The Hall–Kier alpha value is -2.53. The van der Waals surface area contributed by atoms with Crippen molar-refractivity contribution < 1.29 is 14.6 Å². The highest BCUT2D eigenvalue weighted by Crippen LogP contribution is 2.18. The minimum Gasteiger partial charge on any atom is -0.494 e. The molecule has 1 N–H and O–H groups in total. The monoisotopic (exact) mass is 354 g/mol. The summed E-state index contributed by atoms with van der Waals surface area (Å²) in [6.45, 7) is 8.05. The number of aryl methyl sites for hydroxylation is 1. The Morgan fingerprint density at radius 3 is 2.46 bits per heavy atom. The SMILES string of the molecule is Cc1cccc(N2CCN(CCCOc3ccc(C(=O)O)cc3)CC2)c1. The predicted molar refractivity (Wildman–Crippen MR) is 103 cm³/mol. The van der Waals surface area contributed by atoms with Gasteiger partial charge in [0.25, 0.3) is 0 Å². The van der Waals surface area contributed by atoms with Crippen molar-refractivity contribution in [3.63, 3.8) is 0 Å². The third kappa shape index (κ3) is 4.99. The molecule has 0 spiro atoms. The lowest BCUT2D eigenvalue weighted by molar-refractivity contribution is 0.0697. The van der Waals surface area contributed by atoms with E-state index in [0.717, 1.165) is 44.9 Å². The molecule has 0 radical (unpaired) electrons. The zero-order valence-electron chi connectivity index (χ0n) is 15.2. The minimum absolute atomic E-state index is 0.281. The molecule has 0 unspecified atom stereocenters. The summed E-state index contributed by atoms with van der Waals surface area (Å²) < 4.78 is 5.71. The van der Waals surface area contributed by atoms with Gasteiger partial charge in [0, 0.05) is 38.4 Å². The Bertz CT molecular complexity index is 722. The Morgan fingerprint density at radius 2 is 1.81 bits per heavy atom. The maximum Gasteiger partial charge on any atom is 0.335 e. The van der Waals surface area contributed by atoms with Crippen molar-refractivity contribution in [3.05, 3.63) is 59.7 Å². The van der Waals surface area contributed by atoms with Gasteiger partial charge in [-0.3, -0.25) is 4.90 Å². The van der Waals surface area contributed by atoms with E-state index in [1.165, 1.54) is 11.3 Å². The van der Waals surface area contributed by atoms with Crippen LogP contribution in [0.2, 0.25) is 0 Å². The molecule has 1 aliphatic heterocycles. The number of carbonyl (C=O) groups is 1.